The maximum Gasteiger partial charge on any atom is 0.471 e. The summed E-state index contributed by atoms with van der Waals surface area (Å²) in [6.45, 7) is 4.21. The number of hydrogen-bond acceptors (Lipinski definition) is 8. The van der Waals surface area contributed by atoms with Gasteiger partial charge in [-0.3, -0.25) is 0 Å². The van der Waals surface area contributed by atoms with Crippen LogP contribution in [0.3, 0.4) is 0 Å². The zero-order valence-electron chi connectivity index (χ0n) is 16.0. The number of aryl methyl sites for hydroxylation is 2. The highest BCUT2D eigenvalue weighted by Crippen LogP contribution is 2.32. The monoisotopic (exact) mass is 419 g/mol. The summed E-state index contributed by atoms with van der Waals surface area (Å²) in [4.78, 5) is 11.2. The lowest BCUT2D eigenvalue weighted by molar-refractivity contribution is -0.159. The molecule has 30 heavy (non-hydrogen) atoms. The first-order valence-corrected chi connectivity index (χ1v) is 8.78. The Balaban J connectivity index is 1.56. The number of nitriles is 1. The molecule has 0 N–H and O–H groups in total. The third kappa shape index (κ3) is 5.02. The van der Waals surface area contributed by atoms with Gasteiger partial charge in [0.2, 0.25) is 5.82 Å². The quantitative estimate of drug-likeness (QED) is 0.531. The van der Waals surface area contributed by atoms with Crippen molar-refractivity contribution in [3.8, 4) is 29.2 Å². The van der Waals surface area contributed by atoms with Crippen LogP contribution in [0.1, 0.15) is 29.0 Å². The zero-order valence-corrected chi connectivity index (χ0v) is 16.0. The van der Waals surface area contributed by atoms with Crippen LogP contribution < -0.4 is 9.47 Å². The topological polar surface area (TPSA) is 107 Å². The first kappa shape index (κ1) is 21.0. The van der Waals surface area contributed by atoms with E-state index in [2.05, 4.69) is 24.6 Å². The smallest absolute Gasteiger partial charge is 0.471 e. The summed E-state index contributed by atoms with van der Waals surface area (Å²) in [5.41, 5.74) is 2.19. The van der Waals surface area contributed by atoms with Gasteiger partial charge in [-0.1, -0.05) is 5.16 Å². The molecule has 2 heterocycles. The highest BCUT2D eigenvalue weighted by molar-refractivity contribution is 5.61. The standard InChI is InChI=1S/C19H16F3N5O3/c1-11-6-14(16-26-17(30-27-16)19(20,21)22)7-12(2)15(11)28-4-3-5-29-18-24-9-13(8-23)10-25-18/h6-7,9-10H,3-5H2,1-2H3. The predicted molar refractivity (Wildman–Crippen MR) is 96.6 cm³/mol. The molecule has 0 spiro atoms. The molecular weight excluding hydrogens is 403 g/mol. The molecule has 0 saturated heterocycles. The van der Waals surface area contributed by atoms with Crippen LogP contribution in [0.2, 0.25) is 0 Å². The van der Waals surface area contributed by atoms with E-state index in [1.165, 1.54) is 12.4 Å². The largest absolute Gasteiger partial charge is 0.493 e. The summed E-state index contributed by atoms with van der Waals surface area (Å²) in [5, 5.41) is 12.1. The molecule has 0 aliphatic heterocycles. The van der Waals surface area contributed by atoms with Crippen molar-refractivity contribution in [2.75, 3.05) is 13.2 Å². The normalized spacial score (nSPS) is 11.2. The van der Waals surface area contributed by atoms with E-state index in [0.29, 0.717) is 36.5 Å². The molecular formula is C19H16F3N5O3. The third-order valence-corrected chi connectivity index (χ3v) is 3.91. The van der Waals surface area contributed by atoms with Crippen molar-refractivity contribution in [2.45, 2.75) is 26.4 Å². The van der Waals surface area contributed by atoms with Crippen LogP contribution >= 0.6 is 0 Å². The summed E-state index contributed by atoms with van der Waals surface area (Å²) < 4.78 is 53.4. The second kappa shape index (κ2) is 8.77. The van der Waals surface area contributed by atoms with Crippen molar-refractivity contribution in [3.63, 3.8) is 0 Å². The Labute approximate surface area is 169 Å². The first-order valence-electron chi connectivity index (χ1n) is 8.78. The molecule has 0 unspecified atom stereocenters. The van der Waals surface area contributed by atoms with Gasteiger partial charge in [-0.2, -0.15) is 23.4 Å². The third-order valence-electron chi connectivity index (χ3n) is 3.91. The van der Waals surface area contributed by atoms with Gasteiger partial charge in [0, 0.05) is 12.0 Å². The summed E-state index contributed by atoms with van der Waals surface area (Å²) >= 11 is 0. The van der Waals surface area contributed by atoms with Gasteiger partial charge >= 0.3 is 18.1 Å². The zero-order chi connectivity index (χ0) is 21.7. The maximum atomic E-state index is 12.6. The van der Waals surface area contributed by atoms with E-state index in [4.69, 9.17) is 14.7 Å². The molecule has 3 rings (SSSR count). The Morgan fingerprint density at radius 1 is 1.07 bits per heavy atom. The van der Waals surface area contributed by atoms with Crippen molar-refractivity contribution < 1.29 is 27.2 Å². The fourth-order valence-electron chi connectivity index (χ4n) is 2.61. The number of rotatable bonds is 7. The van der Waals surface area contributed by atoms with Crippen LogP contribution in [0.15, 0.2) is 29.0 Å². The average Bonchev–Trinajstić information content (AvgIpc) is 3.20. The van der Waals surface area contributed by atoms with E-state index >= 15 is 0 Å². The first-order chi connectivity index (χ1) is 14.3. The van der Waals surface area contributed by atoms with Crippen molar-refractivity contribution in [1.82, 2.24) is 20.1 Å². The minimum atomic E-state index is -4.69. The number of aromatic nitrogens is 4. The van der Waals surface area contributed by atoms with Gasteiger partial charge in [0.25, 0.3) is 0 Å². The molecule has 0 fully saturated rings. The lowest BCUT2D eigenvalue weighted by Gasteiger charge is -2.13. The minimum Gasteiger partial charge on any atom is -0.493 e. The number of benzene rings is 1. The van der Waals surface area contributed by atoms with Crippen molar-refractivity contribution in [1.29, 1.82) is 5.26 Å². The molecule has 0 aliphatic rings. The molecule has 0 amide bonds. The molecule has 0 radical (unpaired) electrons. The fraction of sp³-hybridized carbons (Fsp3) is 0.316. The molecule has 8 nitrogen and oxygen atoms in total. The highest BCUT2D eigenvalue weighted by Gasteiger charge is 2.38. The second-order valence-corrected chi connectivity index (χ2v) is 6.28. The molecule has 0 saturated carbocycles. The van der Waals surface area contributed by atoms with Crippen LogP contribution in [-0.2, 0) is 6.18 Å². The molecule has 1 aromatic carbocycles. The number of hydrogen-bond donors (Lipinski definition) is 0. The van der Waals surface area contributed by atoms with Gasteiger partial charge in [0.1, 0.15) is 11.8 Å². The van der Waals surface area contributed by atoms with Crippen LogP contribution in [-0.4, -0.2) is 33.3 Å². The molecule has 3 aromatic rings. The van der Waals surface area contributed by atoms with E-state index < -0.39 is 12.1 Å². The SMILES string of the molecule is Cc1cc(-c2noc(C(F)(F)F)n2)cc(C)c1OCCCOc1ncc(C#N)cn1. The van der Waals surface area contributed by atoms with Gasteiger partial charge < -0.3 is 14.0 Å². The van der Waals surface area contributed by atoms with Gasteiger partial charge in [-0.05, 0) is 37.1 Å². The van der Waals surface area contributed by atoms with Crippen molar-refractivity contribution >= 4 is 0 Å². The lowest BCUT2D eigenvalue weighted by atomic mass is 10.1. The minimum absolute atomic E-state index is 0.143. The summed E-state index contributed by atoms with van der Waals surface area (Å²) in [7, 11) is 0. The molecule has 0 aliphatic carbocycles. The number of ether oxygens (including phenoxy) is 2. The van der Waals surface area contributed by atoms with Crippen LogP contribution in [0.25, 0.3) is 11.4 Å². The Hall–Kier alpha value is -3.68. The summed E-state index contributed by atoms with van der Waals surface area (Å²) in [6, 6.07) is 5.35. The number of nitrogens with zero attached hydrogens (tertiary/aromatic N) is 5. The Morgan fingerprint density at radius 2 is 1.70 bits per heavy atom. The predicted octanol–water partition coefficient (Wildman–Crippen LogP) is 3.88. The van der Waals surface area contributed by atoms with Gasteiger partial charge in [-0.15, -0.1) is 0 Å². The van der Waals surface area contributed by atoms with E-state index in [9.17, 15) is 13.2 Å². The average molecular weight is 419 g/mol. The molecule has 156 valence electrons. The van der Waals surface area contributed by atoms with Crippen molar-refractivity contribution in [3.05, 3.63) is 47.1 Å². The van der Waals surface area contributed by atoms with Crippen molar-refractivity contribution in [2.24, 2.45) is 0 Å². The van der Waals surface area contributed by atoms with Crippen LogP contribution in [0, 0.1) is 25.2 Å². The highest BCUT2D eigenvalue weighted by atomic mass is 19.4. The van der Waals surface area contributed by atoms with Gasteiger partial charge in [0.05, 0.1) is 31.2 Å². The fourth-order valence-corrected chi connectivity index (χ4v) is 2.61. The maximum absolute atomic E-state index is 12.6. The summed E-state index contributed by atoms with van der Waals surface area (Å²) in [5.74, 6) is -0.914. The van der Waals surface area contributed by atoms with E-state index in [1.54, 1.807) is 26.0 Å². The Morgan fingerprint density at radius 3 is 2.27 bits per heavy atom. The van der Waals surface area contributed by atoms with Crippen LogP contribution in [0.4, 0.5) is 13.2 Å². The summed E-state index contributed by atoms with van der Waals surface area (Å²) in [6.07, 6.45) is -1.41. The molecule has 0 atom stereocenters. The number of alkyl halides is 3. The Kier molecular flexibility index (Phi) is 6.15. The van der Waals surface area contributed by atoms with E-state index in [-0.39, 0.29) is 11.8 Å². The molecule has 2 aromatic heterocycles. The van der Waals surface area contributed by atoms with E-state index in [1.807, 2.05) is 6.07 Å². The van der Waals surface area contributed by atoms with Gasteiger partial charge in [-0.25, -0.2) is 9.97 Å². The molecule has 0 bridgehead atoms. The second-order valence-electron chi connectivity index (χ2n) is 6.28. The van der Waals surface area contributed by atoms with Gasteiger partial charge in [0.15, 0.2) is 0 Å². The van der Waals surface area contributed by atoms with E-state index in [0.717, 1.165) is 11.1 Å². The lowest BCUT2D eigenvalue weighted by Crippen LogP contribution is -2.08. The Bertz CT molecular complexity index is 1040. The molecule has 11 heteroatoms. The number of halogens is 3. The van der Waals surface area contributed by atoms with Crippen LogP contribution in [0.5, 0.6) is 11.8 Å².